The predicted octanol–water partition coefficient (Wildman–Crippen LogP) is 5.39. The molecule has 420 valence electrons. The molecule has 7 rings (SSSR count). The highest BCUT2D eigenvalue weighted by molar-refractivity contribution is 14.1. The summed E-state index contributed by atoms with van der Waals surface area (Å²) in [5, 5.41) is 36.6. The summed E-state index contributed by atoms with van der Waals surface area (Å²) in [4.78, 5) is 108. The first-order chi connectivity index (χ1) is 36.6. The van der Waals surface area contributed by atoms with E-state index in [-0.39, 0.29) is 43.8 Å². The van der Waals surface area contributed by atoms with Crippen LogP contribution in [0, 0.1) is 23.2 Å². The number of aromatic amines is 1. The number of imide groups is 1. The number of likely N-dealkylation sites (tertiary alicyclic amines) is 2. The second-order valence-corrected chi connectivity index (χ2v) is 24.1. The maximum atomic E-state index is 13.7. The van der Waals surface area contributed by atoms with Gasteiger partial charge in [0, 0.05) is 34.3 Å². The maximum Gasteiger partial charge on any atom is 0.410 e. The number of allylic oxidation sites excluding steroid dienone is 1. The Morgan fingerprint density at radius 2 is 1.77 bits per heavy atom. The summed E-state index contributed by atoms with van der Waals surface area (Å²) >= 11 is 2.20. The third-order valence-corrected chi connectivity index (χ3v) is 17.3. The van der Waals surface area contributed by atoms with Gasteiger partial charge in [-0.3, -0.25) is 38.6 Å². The fraction of sp³-hybridized carbons (Fsp3) is 0.618. The van der Waals surface area contributed by atoms with E-state index in [2.05, 4.69) is 84.6 Å². The molecule has 2 aromatic heterocycles. The van der Waals surface area contributed by atoms with Crippen LogP contribution in [0.5, 0.6) is 0 Å². The van der Waals surface area contributed by atoms with Crippen molar-refractivity contribution in [2.75, 3.05) is 23.7 Å². The number of nitrogens with one attached hydrogen (secondary N) is 6. The van der Waals surface area contributed by atoms with Crippen LogP contribution in [0.4, 0.5) is 16.3 Å². The van der Waals surface area contributed by atoms with Crippen molar-refractivity contribution >= 4 is 86.7 Å². The van der Waals surface area contributed by atoms with Crippen LogP contribution in [0.25, 0.3) is 11.0 Å². The van der Waals surface area contributed by atoms with Crippen LogP contribution >= 0.6 is 22.6 Å². The number of H-pyrrole nitrogens is 1. The molecule has 21 nitrogen and oxygen atoms in total. The zero-order chi connectivity index (χ0) is 55.9. The summed E-state index contributed by atoms with van der Waals surface area (Å²) in [6.07, 6.45) is 6.05. The maximum absolute atomic E-state index is 13.7. The molecule has 4 fully saturated rings. The molecule has 4 aliphatic rings. The van der Waals surface area contributed by atoms with Crippen molar-refractivity contribution < 1.29 is 53.2 Å². The lowest BCUT2D eigenvalue weighted by atomic mass is 9.95. The molecule has 8 N–H and O–H groups in total. The molecule has 3 aliphatic heterocycles. The van der Waals surface area contributed by atoms with Gasteiger partial charge in [-0.1, -0.05) is 94.2 Å². The number of aliphatic hydroxyl groups is 2. The van der Waals surface area contributed by atoms with Crippen LogP contribution in [0.2, 0.25) is 0 Å². The monoisotopic (exact) mass is 1180 g/mol. The quantitative estimate of drug-likeness (QED) is 0.0174. The Bertz CT molecular complexity index is 2650. The molecule has 0 spiro atoms. The first kappa shape index (κ1) is 59.0. The van der Waals surface area contributed by atoms with E-state index in [1.165, 1.54) is 42.3 Å². The third kappa shape index (κ3) is 13.1. The molecule has 3 aromatic rings. The van der Waals surface area contributed by atoms with Gasteiger partial charge in [-0.05, 0) is 94.9 Å². The first-order valence-corrected chi connectivity index (χ1v) is 28.2. The van der Waals surface area contributed by atoms with Crippen molar-refractivity contribution in [3.05, 3.63) is 60.6 Å². The number of carbonyl (C=O) groups is 7. The molecule has 7 amide bonds. The molecule has 12 atom stereocenters. The van der Waals surface area contributed by atoms with Crippen LogP contribution in [0.1, 0.15) is 124 Å². The molecule has 5 heterocycles. The SMILES string of the molecule is C=CCCCC12C(=O)N(CCC(=O)N[C@H](C(=O)N[C@@H](C)C(=O)Nc3ccc(COC(=O)N4CCC[C@@H]4C(=O)N[C@@H]4[C@@H](O)[C@H](O)[C@@H](Nc5ncnc6cc(CC(C)CCCCC)[nH]c56)O[C@H]4C)cc3)C(C)C)C(=O)C1C2(C)I. The number of aromatic nitrogens is 3. The number of piperidine rings is 1. The molecule has 77 heavy (non-hydrogen) atoms. The zero-order valence-electron chi connectivity index (χ0n) is 45.2. The standard InChI is InChI=1S/C55H77IN10O11/c1-9-11-13-16-31(5)26-36-27-37-42(60-36)46(58-29-57-37)64-50-44(69)43(68)41(33(7)77-50)63-48(71)38-17-15-24-65(38)53(75)76-28-34-18-20-35(21-19-34)61-47(70)32(6)59-49(72)40(30(3)4)62-39(67)22-25-66-51(73)45-54(8,56)55(45,52(66)74)23-14-12-10-2/h10,18-21,27,29-33,38,40-41,43-45,50,60,68-69H,2,9,11-17,22-26,28H2,1,3-8H3,(H,59,72)(H,61,70)(H,62,67)(H,63,71)(H,57,58,64)/t31?,32-,33-,38+,40-,41-,43+,44-,45?,50-,54?,55?/m0/s1. The van der Waals surface area contributed by atoms with Gasteiger partial charge >= 0.3 is 6.09 Å². The smallest absolute Gasteiger partial charge is 0.410 e. The number of hydrogen-bond donors (Lipinski definition) is 8. The van der Waals surface area contributed by atoms with E-state index in [4.69, 9.17) is 9.47 Å². The number of aliphatic hydroxyl groups excluding tert-OH is 2. The highest BCUT2D eigenvalue weighted by Gasteiger charge is 2.84. The number of fused-ring (bicyclic) bond motifs is 2. The average molecular weight is 1180 g/mol. The summed E-state index contributed by atoms with van der Waals surface area (Å²) in [5.41, 5.74) is 2.60. The Labute approximate surface area is 463 Å². The molecule has 1 saturated carbocycles. The number of anilines is 2. The zero-order valence-corrected chi connectivity index (χ0v) is 47.4. The van der Waals surface area contributed by atoms with Crippen LogP contribution < -0.4 is 26.6 Å². The fourth-order valence-corrected chi connectivity index (χ4v) is 12.6. The Hall–Kier alpha value is -5.72. The van der Waals surface area contributed by atoms with Gasteiger partial charge in [0.1, 0.15) is 48.8 Å². The van der Waals surface area contributed by atoms with E-state index in [9.17, 15) is 43.8 Å². The highest BCUT2D eigenvalue weighted by Crippen LogP contribution is 2.74. The van der Waals surface area contributed by atoms with Crippen molar-refractivity contribution in [3.63, 3.8) is 0 Å². The number of unbranched alkanes of at least 4 members (excludes halogenated alkanes) is 3. The number of rotatable bonds is 25. The number of benzene rings is 1. The number of halogens is 1. The molecular weight excluding hydrogens is 1100 g/mol. The number of nitrogens with zero attached hydrogens (tertiary/aromatic N) is 4. The van der Waals surface area contributed by atoms with E-state index in [0.29, 0.717) is 53.3 Å². The van der Waals surface area contributed by atoms with Crippen molar-refractivity contribution in [2.24, 2.45) is 23.2 Å². The Morgan fingerprint density at radius 3 is 2.47 bits per heavy atom. The van der Waals surface area contributed by atoms with E-state index in [1.54, 1.807) is 51.1 Å². The third-order valence-electron chi connectivity index (χ3n) is 15.7. The number of hydrogen-bond acceptors (Lipinski definition) is 14. The van der Waals surface area contributed by atoms with Gasteiger partial charge in [0.15, 0.2) is 12.0 Å². The minimum absolute atomic E-state index is 0.0961. The average Bonchev–Trinajstić information content (AvgIpc) is 4.11. The normalized spacial score (nSPS) is 26.9. The molecule has 1 aromatic carbocycles. The largest absolute Gasteiger partial charge is 0.445 e. The highest BCUT2D eigenvalue weighted by atomic mass is 127. The van der Waals surface area contributed by atoms with Gasteiger partial charge in [0.2, 0.25) is 35.4 Å². The van der Waals surface area contributed by atoms with E-state index < -0.39 is 93.2 Å². The van der Waals surface area contributed by atoms with Crippen LogP contribution in [0.3, 0.4) is 0 Å². The summed E-state index contributed by atoms with van der Waals surface area (Å²) in [6, 6.07) is 4.61. The molecule has 22 heteroatoms. The molecular formula is C55H77IN10O11. The van der Waals surface area contributed by atoms with Gasteiger partial charge in [0.25, 0.3) is 0 Å². The summed E-state index contributed by atoms with van der Waals surface area (Å²) < 4.78 is 11.3. The summed E-state index contributed by atoms with van der Waals surface area (Å²) in [5.74, 6) is -2.58. The lowest BCUT2D eigenvalue weighted by Crippen LogP contribution is -2.65. The predicted molar refractivity (Wildman–Crippen MR) is 296 cm³/mol. The molecule has 0 bridgehead atoms. The lowest BCUT2D eigenvalue weighted by Gasteiger charge is -2.42. The van der Waals surface area contributed by atoms with Crippen molar-refractivity contribution in [2.45, 2.75) is 178 Å². The number of carbonyl (C=O) groups excluding carboxylic acids is 7. The van der Waals surface area contributed by atoms with Crippen LogP contribution in [-0.4, -0.2) is 142 Å². The van der Waals surface area contributed by atoms with Crippen molar-refractivity contribution in [1.82, 2.24) is 40.7 Å². The van der Waals surface area contributed by atoms with Gasteiger partial charge in [-0.25, -0.2) is 14.8 Å². The Balaban J connectivity index is 0.836. The van der Waals surface area contributed by atoms with Crippen LogP contribution in [-0.2, 0) is 51.3 Å². The summed E-state index contributed by atoms with van der Waals surface area (Å²) in [7, 11) is 0. The summed E-state index contributed by atoms with van der Waals surface area (Å²) in [6.45, 7) is 16.8. The van der Waals surface area contributed by atoms with E-state index >= 15 is 0 Å². The number of amides is 7. The van der Waals surface area contributed by atoms with E-state index in [1.807, 2.05) is 13.0 Å². The second-order valence-electron chi connectivity index (χ2n) is 21.8. The molecule has 4 unspecified atom stereocenters. The number of alkyl halides is 1. The second kappa shape index (κ2) is 25.4. The van der Waals surface area contributed by atoms with Gasteiger partial charge in [-0.2, -0.15) is 0 Å². The minimum atomic E-state index is -1.46. The van der Waals surface area contributed by atoms with Crippen LogP contribution in [0.15, 0.2) is 49.3 Å². The van der Waals surface area contributed by atoms with Gasteiger partial charge in [-0.15, -0.1) is 6.58 Å². The topological polar surface area (TPSA) is 287 Å². The molecule has 1 aliphatic carbocycles. The first-order valence-electron chi connectivity index (χ1n) is 27.1. The van der Waals surface area contributed by atoms with Crippen molar-refractivity contribution in [1.29, 1.82) is 0 Å². The number of ether oxygens (including phenoxy) is 2. The molecule has 3 saturated heterocycles. The Morgan fingerprint density at radius 1 is 1.03 bits per heavy atom. The fourth-order valence-electron chi connectivity index (χ4n) is 11.2. The van der Waals surface area contributed by atoms with Crippen molar-refractivity contribution in [3.8, 4) is 0 Å². The van der Waals surface area contributed by atoms with E-state index in [0.717, 1.165) is 31.4 Å². The lowest BCUT2D eigenvalue weighted by molar-refractivity contribution is -0.173. The van der Waals surface area contributed by atoms with Gasteiger partial charge in [0.05, 0.1) is 29.0 Å². The Kier molecular flexibility index (Phi) is 19.4. The van der Waals surface area contributed by atoms with Gasteiger partial charge < -0.3 is 51.3 Å². The molecule has 0 radical (unpaired) electrons. The minimum Gasteiger partial charge on any atom is -0.445 e.